The van der Waals surface area contributed by atoms with E-state index in [4.69, 9.17) is 19.9 Å². The van der Waals surface area contributed by atoms with Crippen LogP contribution in [0.25, 0.3) is 0 Å². The van der Waals surface area contributed by atoms with Gasteiger partial charge in [0.2, 0.25) is 0 Å². The molecule has 0 aliphatic carbocycles. The summed E-state index contributed by atoms with van der Waals surface area (Å²) in [5.74, 6) is -1.55. The van der Waals surface area contributed by atoms with Crippen molar-refractivity contribution in [1.29, 1.82) is 0 Å². The normalized spacial score (nSPS) is 16.7. The van der Waals surface area contributed by atoms with Crippen molar-refractivity contribution >= 4 is 18.0 Å². The summed E-state index contributed by atoms with van der Waals surface area (Å²) in [6.07, 6.45) is -6.51. The van der Waals surface area contributed by atoms with Crippen LogP contribution in [0.5, 0.6) is 11.5 Å². The molecule has 1 heterocycles. The first-order chi connectivity index (χ1) is 15.6. The molecular weight excluding hydrogens is 445 g/mol. The summed E-state index contributed by atoms with van der Waals surface area (Å²) >= 11 is 0. The lowest BCUT2D eigenvalue weighted by Gasteiger charge is -2.17. The lowest BCUT2D eigenvalue weighted by atomic mass is 10.0. The van der Waals surface area contributed by atoms with Crippen molar-refractivity contribution in [2.45, 2.75) is 38.1 Å². The Kier molecular flexibility index (Phi) is 7.22. The van der Waals surface area contributed by atoms with Crippen molar-refractivity contribution in [2.24, 2.45) is 5.73 Å². The second kappa shape index (κ2) is 9.90. The van der Waals surface area contributed by atoms with Gasteiger partial charge in [-0.05, 0) is 48.7 Å². The van der Waals surface area contributed by atoms with Crippen molar-refractivity contribution in [3.63, 3.8) is 0 Å². The zero-order valence-electron chi connectivity index (χ0n) is 17.5. The maximum Gasteiger partial charge on any atom is 0.419 e. The molecule has 0 bridgehead atoms. The van der Waals surface area contributed by atoms with E-state index in [9.17, 15) is 27.6 Å². The van der Waals surface area contributed by atoms with Gasteiger partial charge in [-0.25, -0.2) is 4.79 Å². The number of nitrogens with two attached hydrogens (primary N) is 1. The van der Waals surface area contributed by atoms with Gasteiger partial charge in [0, 0.05) is 6.42 Å². The Morgan fingerprint density at radius 3 is 2.39 bits per heavy atom. The number of carbonyl (C=O) groups is 3. The fourth-order valence-electron chi connectivity index (χ4n) is 3.16. The molecule has 0 spiro atoms. The van der Waals surface area contributed by atoms with E-state index in [0.29, 0.717) is 5.56 Å². The third kappa shape index (κ3) is 6.22. The molecule has 0 radical (unpaired) electrons. The van der Waals surface area contributed by atoms with E-state index in [-0.39, 0.29) is 30.8 Å². The van der Waals surface area contributed by atoms with E-state index >= 15 is 0 Å². The van der Waals surface area contributed by atoms with Crippen LogP contribution >= 0.6 is 0 Å². The molecule has 2 aromatic carbocycles. The van der Waals surface area contributed by atoms with Gasteiger partial charge in [0.1, 0.15) is 17.5 Å². The standard InChI is InChI=1S/C22H21F3N2O6/c1-2-31-20(29)16(26)10-13-5-8-17(15(9-13)22(23,24)25)32-14-6-3-12(4-7-14)11-18-19(28)27-21(30)33-18/h3-9,16,18H,2,10-11,26H2,1H3,(H,27,28,30). The van der Waals surface area contributed by atoms with Gasteiger partial charge in [-0.1, -0.05) is 18.2 Å². The van der Waals surface area contributed by atoms with Gasteiger partial charge in [-0.15, -0.1) is 0 Å². The predicted molar refractivity (Wildman–Crippen MR) is 108 cm³/mol. The number of amides is 2. The van der Waals surface area contributed by atoms with Gasteiger partial charge < -0.3 is 19.9 Å². The van der Waals surface area contributed by atoms with Gasteiger partial charge in [-0.3, -0.25) is 14.9 Å². The summed E-state index contributed by atoms with van der Waals surface area (Å²) in [4.78, 5) is 34.3. The number of alkyl carbamates (subject to hydrolysis) is 1. The largest absolute Gasteiger partial charge is 0.465 e. The third-order valence-electron chi connectivity index (χ3n) is 4.73. The SMILES string of the molecule is CCOC(=O)C(N)Cc1ccc(Oc2ccc(CC3OC(=O)NC3=O)cc2)c(C(F)(F)F)c1. The molecule has 2 aromatic rings. The van der Waals surface area contributed by atoms with Crippen molar-refractivity contribution in [1.82, 2.24) is 5.32 Å². The highest BCUT2D eigenvalue weighted by Crippen LogP contribution is 2.39. The number of cyclic esters (lactones) is 1. The molecular formula is C22H21F3N2O6. The summed E-state index contributed by atoms with van der Waals surface area (Å²) < 4.78 is 55.9. The molecule has 176 valence electrons. The Labute approximate surface area is 186 Å². The molecule has 8 nitrogen and oxygen atoms in total. The van der Waals surface area contributed by atoms with Crippen LogP contribution in [-0.2, 0) is 38.1 Å². The number of rotatable bonds is 8. The maximum atomic E-state index is 13.6. The first-order valence-corrected chi connectivity index (χ1v) is 9.97. The number of ether oxygens (including phenoxy) is 3. The molecule has 1 fully saturated rings. The zero-order chi connectivity index (χ0) is 24.2. The van der Waals surface area contributed by atoms with E-state index in [1.165, 1.54) is 18.2 Å². The van der Waals surface area contributed by atoms with Gasteiger partial charge in [-0.2, -0.15) is 13.2 Å². The number of alkyl halides is 3. The van der Waals surface area contributed by atoms with E-state index in [2.05, 4.69) is 0 Å². The average Bonchev–Trinajstić information content (AvgIpc) is 3.06. The molecule has 1 saturated heterocycles. The summed E-state index contributed by atoms with van der Waals surface area (Å²) in [5, 5.41) is 2.02. The van der Waals surface area contributed by atoms with Crippen LogP contribution in [-0.4, -0.2) is 36.7 Å². The van der Waals surface area contributed by atoms with Crippen LogP contribution in [0, 0.1) is 0 Å². The van der Waals surface area contributed by atoms with Crippen LogP contribution in [0.4, 0.5) is 18.0 Å². The van der Waals surface area contributed by atoms with Gasteiger partial charge in [0.05, 0.1) is 12.2 Å². The number of benzene rings is 2. The number of imide groups is 1. The summed E-state index contributed by atoms with van der Waals surface area (Å²) in [5.41, 5.74) is 5.51. The molecule has 33 heavy (non-hydrogen) atoms. The van der Waals surface area contributed by atoms with Gasteiger partial charge in [0.15, 0.2) is 6.10 Å². The topological polar surface area (TPSA) is 117 Å². The van der Waals surface area contributed by atoms with E-state index in [1.807, 2.05) is 5.32 Å². The average molecular weight is 466 g/mol. The second-order valence-corrected chi connectivity index (χ2v) is 7.22. The highest BCUT2D eigenvalue weighted by molar-refractivity contribution is 6.00. The number of halogens is 3. The molecule has 1 aliphatic heterocycles. The molecule has 11 heteroatoms. The van der Waals surface area contributed by atoms with Crippen molar-refractivity contribution in [2.75, 3.05) is 6.61 Å². The lowest BCUT2D eigenvalue weighted by molar-refractivity contribution is -0.144. The second-order valence-electron chi connectivity index (χ2n) is 7.22. The van der Waals surface area contributed by atoms with E-state index in [1.54, 1.807) is 19.1 Å². The Morgan fingerprint density at radius 1 is 1.15 bits per heavy atom. The van der Waals surface area contributed by atoms with Crippen molar-refractivity contribution in [3.8, 4) is 11.5 Å². The third-order valence-corrected chi connectivity index (χ3v) is 4.73. The predicted octanol–water partition coefficient (Wildman–Crippen LogP) is 3.11. The Morgan fingerprint density at radius 2 is 1.82 bits per heavy atom. The van der Waals surface area contributed by atoms with Crippen molar-refractivity contribution in [3.05, 3.63) is 59.2 Å². The molecule has 2 unspecified atom stereocenters. The monoisotopic (exact) mass is 466 g/mol. The number of hydrogen-bond acceptors (Lipinski definition) is 7. The molecule has 3 N–H and O–H groups in total. The smallest absolute Gasteiger partial charge is 0.419 e. The van der Waals surface area contributed by atoms with Crippen LogP contribution in [0.3, 0.4) is 0 Å². The zero-order valence-corrected chi connectivity index (χ0v) is 17.5. The number of carbonyl (C=O) groups excluding carboxylic acids is 3. The fraction of sp³-hybridized carbons (Fsp3) is 0.318. The molecule has 2 atom stereocenters. The van der Waals surface area contributed by atoms with E-state index in [0.717, 1.165) is 12.1 Å². The van der Waals surface area contributed by atoms with Crippen LogP contribution in [0.2, 0.25) is 0 Å². The quantitative estimate of drug-likeness (QED) is 0.574. The minimum atomic E-state index is -4.71. The molecule has 0 saturated carbocycles. The number of esters is 1. The van der Waals surface area contributed by atoms with Crippen LogP contribution < -0.4 is 15.8 Å². The summed E-state index contributed by atoms with van der Waals surface area (Å²) in [6.45, 7) is 1.72. The Balaban J connectivity index is 1.73. The number of hydrogen-bond donors (Lipinski definition) is 2. The van der Waals surface area contributed by atoms with Crippen LogP contribution in [0.1, 0.15) is 23.6 Å². The molecule has 3 rings (SSSR count). The minimum Gasteiger partial charge on any atom is -0.465 e. The first-order valence-electron chi connectivity index (χ1n) is 9.97. The molecule has 1 aliphatic rings. The highest BCUT2D eigenvalue weighted by atomic mass is 19.4. The Bertz CT molecular complexity index is 1040. The van der Waals surface area contributed by atoms with Gasteiger partial charge >= 0.3 is 18.2 Å². The fourth-order valence-corrected chi connectivity index (χ4v) is 3.16. The summed E-state index contributed by atoms with van der Waals surface area (Å²) in [6, 6.07) is 8.33. The molecule has 2 amide bonds. The van der Waals surface area contributed by atoms with Crippen molar-refractivity contribution < 1.29 is 41.8 Å². The van der Waals surface area contributed by atoms with Crippen LogP contribution in [0.15, 0.2) is 42.5 Å². The number of nitrogens with one attached hydrogen (secondary N) is 1. The van der Waals surface area contributed by atoms with Gasteiger partial charge in [0.25, 0.3) is 5.91 Å². The minimum absolute atomic E-state index is 0.112. The first kappa shape index (κ1) is 24.1. The lowest BCUT2D eigenvalue weighted by Crippen LogP contribution is -2.34. The Hall–Kier alpha value is -3.60. The van der Waals surface area contributed by atoms with E-state index < -0.39 is 47.6 Å². The summed E-state index contributed by atoms with van der Waals surface area (Å²) in [7, 11) is 0. The molecule has 0 aromatic heterocycles. The highest BCUT2D eigenvalue weighted by Gasteiger charge is 2.35. The maximum absolute atomic E-state index is 13.6.